The number of aryl methyl sites for hydroxylation is 2. The first kappa shape index (κ1) is 19.9. The summed E-state index contributed by atoms with van der Waals surface area (Å²) in [6.45, 7) is 8.34. The van der Waals surface area contributed by atoms with Crippen LogP contribution in [0.25, 0.3) is 10.8 Å². The lowest BCUT2D eigenvalue weighted by Crippen LogP contribution is -1.99. The molecule has 0 amide bonds. The van der Waals surface area contributed by atoms with Gasteiger partial charge in [-0.25, -0.2) is 0 Å². The molecule has 1 aliphatic heterocycles. The van der Waals surface area contributed by atoms with Gasteiger partial charge in [0.2, 0.25) is 0 Å². The molecular weight excluding hydrogens is 318 g/mol. The molecule has 0 unspecified atom stereocenters. The van der Waals surface area contributed by atoms with Gasteiger partial charge in [0.05, 0.1) is 11.4 Å². The lowest BCUT2D eigenvalue weighted by Gasteiger charge is -2.06. The van der Waals surface area contributed by atoms with Crippen LogP contribution in [0.3, 0.4) is 0 Å². The first-order valence-electron chi connectivity index (χ1n) is 9.19. The van der Waals surface area contributed by atoms with Crippen molar-refractivity contribution in [3.63, 3.8) is 0 Å². The Morgan fingerprint density at radius 3 is 1.92 bits per heavy atom. The Morgan fingerprint density at radius 2 is 1.35 bits per heavy atom. The highest BCUT2D eigenvalue weighted by molar-refractivity contribution is 6.07. The Balaban J connectivity index is 0.000000444. The van der Waals surface area contributed by atoms with Crippen molar-refractivity contribution in [1.29, 1.82) is 0 Å². The molecule has 0 saturated heterocycles. The molecule has 0 aliphatic carbocycles. The van der Waals surface area contributed by atoms with Crippen LogP contribution in [-0.2, 0) is 11.2 Å². The maximum absolute atomic E-state index is 4.84. The van der Waals surface area contributed by atoms with Gasteiger partial charge in [-0.2, -0.15) is 0 Å². The summed E-state index contributed by atoms with van der Waals surface area (Å²) in [4.78, 5) is 4.84. The maximum atomic E-state index is 4.84. The van der Waals surface area contributed by atoms with Crippen LogP contribution in [0.2, 0.25) is 0 Å². The second kappa shape index (κ2) is 9.30. The number of nitrogens with zero attached hydrogens (tertiary/aromatic N) is 1. The van der Waals surface area contributed by atoms with Gasteiger partial charge < -0.3 is 4.74 Å². The molecule has 2 heteroatoms. The van der Waals surface area contributed by atoms with E-state index < -0.39 is 0 Å². The molecule has 26 heavy (non-hydrogen) atoms. The van der Waals surface area contributed by atoms with E-state index in [1.54, 1.807) is 14.2 Å². The summed E-state index contributed by atoms with van der Waals surface area (Å²) in [5.41, 5.74) is 7.56. The van der Waals surface area contributed by atoms with Crippen molar-refractivity contribution in [2.45, 2.75) is 34.1 Å². The summed E-state index contributed by atoms with van der Waals surface area (Å²) in [5, 5.41) is 2.61. The van der Waals surface area contributed by atoms with Crippen LogP contribution < -0.4 is 0 Å². The van der Waals surface area contributed by atoms with Gasteiger partial charge in [-0.15, -0.1) is 0 Å². The molecule has 0 radical (unpaired) electrons. The highest BCUT2D eigenvalue weighted by Crippen LogP contribution is 2.33. The number of fused-ring (bicyclic) bond motifs is 2. The summed E-state index contributed by atoms with van der Waals surface area (Å²) in [5.74, 6) is 0. The third-order valence-corrected chi connectivity index (χ3v) is 4.37. The summed E-state index contributed by atoms with van der Waals surface area (Å²) >= 11 is 0. The average molecular weight is 348 g/mol. The van der Waals surface area contributed by atoms with E-state index in [1.807, 2.05) is 19.9 Å². The maximum Gasteiger partial charge on any atom is 0.0675 e. The molecule has 0 spiro atoms. The number of hydrogen-bond acceptors (Lipinski definition) is 2. The second-order valence-corrected chi connectivity index (χ2v) is 6.27. The molecular formula is C24H29NO. The Bertz CT molecular complexity index is 895. The van der Waals surface area contributed by atoms with Crippen molar-refractivity contribution in [3.8, 4) is 0 Å². The molecule has 0 aromatic heterocycles. The number of aliphatic imine (C=N–C) groups is 1. The summed E-state index contributed by atoms with van der Waals surface area (Å²) in [6.07, 6.45) is 0.933. The Morgan fingerprint density at radius 1 is 0.808 bits per heavy atom. The predicted molar refractivity (Wildman–Crippen MR) is 114 cm³/mol. The van der Waals surface area contributed by atoms with Crippen LogP contribution in [0.1, 0.15) is 36.1 Å². The minimum absolute atomic E-state index is 0.933. The standard InChI is InChI=1S/C20H17N.C2H6O.C2H6/c1-13-8-16-10-18-12-19(15-6-4-3-5-7-15)21-20(18)11-17(16)9-14(13)2;1-3-2;1-2/h3-11H,12H2,1-2H3;1-2H3;1-2H3. The lowest BCUT2D eigenvalue weighted by molar-refractivity contribution is 0.277. The third-order valence-electron chi connectivity index (χ3n) is 4.37. The van der Waals surface area contributed by atoms with E-state index in [0.29, 0.717) is 0 Å². The molecule has 0 atom stereocenters. The van der Waals surface area contributed by atoms with Gasteiger partial charge in [-0.1, -0.05) is 56.3 Å². The predicted octanol–water partition coefficient (Wildman–Crippen LogP) is 6.42. The molecule has 0 saturated carbocycles. The van der Waals surface area contributed by atoms with Crippen LogP contribution in [-0.4, -0.2) is 19.9 Å². The van der Waals surface area contributed by atoms with E-state index in [2.05, 4.69) is 67.1 Å². The SMILES string of the molecule is CC.COC.Cc1cc2cc3c(cc2cc1C)N=C(c1ccccc1)C3. The quantitative estimate of drug-likeness (QED) is 0.497. The van der Waals surface area contributed by atoms with Gasteiger partial charge in [0.25, 0.3) is 0 Å². The molecule has 2 nitrogen and oxygen atoms in total. The summed E-state index contributed by atoms with van der Waals surface area (Å²) in [6, 6.07) is 19.5. The van der Waals surface area contributed by atoms with Crippen molar-refractivity contribution in [1.82, 2.24) is 0 Å². The lowest BCUT2D eigenvalue weighted by atomic mass is 9.98. The number of benzene rings is 3. The fraction of sp³-hybridized carbons (Fsp3) is 0.292. The van der Waals surface area contributed by atoms with Crippen LogP contribution in [0.15, 0.2) is 59.6 Å². The molecule has 3 aromatic carbocycles. The van der Waals surface area contributed by atoms with Crippen LogP contribution in [0.4, 0.5) is 5.69 Å². The van der Waals surface area contributed by atoms with Gasteiger partial charge in [-0.05, 0) is 59.0 Å². The molecule has 136 valence electrons. The minimum atomic E-state index is 0.933. The van der Waals surface area contributed by atoms with Gasteiger partial charge in [0, 0.05) is 20.6 Å². The molecule has 0 bridgehead atoms. The second-order valence-electron chi connectivity index (χ2n) is 6.27. The van der Waals surface area contributed by atoms with Crippen molar-refractivity contribution in [3.05, 3.63) is 76.9 Å². The van der Waals surface area contributed by atoms with Crippen molar-refractivity contribution in [2.24, 2.45) is 4.99 Å². The molecule has 3 aromatic rings. The minimum Gasteiger partial charge on any atom is -0.388 e. The van der Waals surface area contributed by atoms with Gasteiger partial charge in [-0.3, -0.25) is 4.99 Å². The fourth-order valence-electron chi connectivity index (χ4n) is 3.02. The van der Waals surface area contributed by atoms with E-state index >= 15 is 0 Å². The van der Waals surface area contributed by atoms with Crippen LogP contribution in [0.5, 0.6) is 0 Å². The smallest absolute Gasteiger partial charge is 0.0675 e. The van der Waals surface area contributed by atoms with Crippen LogP contribution in [0, 0.1) is 13.8 Å². The van der Waals surface area contributed by atoms with E-state index in [4.69, 9.17) is 4.99 Å². The van der Waals surface area contributed by atoms with Gasteiger partial charge in [0.15, 0.2) is 0 Å². The van der Waals surface area contributed by atoms with Gasteiger partial charge in [0.1, 0.15) is 0 Å². The highest BCUT2D eigenvalue weighted by Gasteiger charge is 2.16. The molecule has 1 aliphatic rings. The third kappa shape index (κ3) is 4.39. The van der Waals surface area contributed by atoms with Gasteiger partial charge >= 0.3 is 0 Å². The van der Waals surface area contributed by atoms with E-state index in [-0.39, 0.29) is 0 Å². The topological polar surface area (TPSA) is 21.6 Å². The van der Waals surface area contributed by atoms with Crippen molar-refractivity contribution < 1.29 is 4.74 Å². The number of methoxy groups -OCH3 is 1. The normalized spacial score (nSPS) is 11.7. The van der Waals surface area contributed by atoms with Crippen molar-refractivity contribution >= 4 is 22.2 Å². The largest absolute Gasteiger partial charge is 0.388 e. The number of ether oxygens (including phenoxy) is 1. The molecule has 4 rings (SSSR count). The Hall–Kier alpha value is -2.45. The van der Waals surface area contributed by atoms with Crippen LogP contribution >= 0.6 is 0 Å². The molecule has 0 N–H and O–H groups in total. The van der Waals surface area contributed by atoms with E-state index in [9.17, 15) is 0 Å². The first-order chi connectivity index (χ1) is 12.6. The average Bonchev–Trinajstić information content (AvgIpc) is 3.07. The molecule has 1 heterocycles. The zero-order chi connectivity index (χ0) is 19.1. The summed E-state index contributed by atoms with van der Waals surface area (Å²) < 4.78 is 4.25. The monoisotopic (exact) mass is 347 g/mol. The van der Waals surface area contributed by atoms with Crippen molar-refractivity contribution in [2.75, 3.05) is 14.2 Å². The zero-order valence-corrected chi connectivity index (χ0v) is 16.8. The summed E-state index contributed by atoms with van der Waals surface area (Å²) in [7, 11) is 3.25. The molecule has 0 fully saturated rings. The Kier molecular flexibility index (Phi) is 7.11. The number of hydrogen-bond donors (Lipinski definition) is 0. The Labute approximate surface area is 157 Å². The first-order valence-corrected chi connectivity index (χ1v) is 9.19. The highest BCUT2D eigenvalue weighted by atomic mass is 16.4. The van der Waals surface area contributed by atoms with E-state index in [1.165, 1.54) is 38.7 Å². The zero-order valence-electron chi connectivity index (χ0n) is 16.8. The fourth-order valence-corrected chi connectivity index (χ4v) is 3.02. The van der Waals surface area contributed by atoms with E-state index in [0.717, 1.165) is 12.1 Å². The number of rotatable bonds is 1.